The lowest BCUT2D eigenvalue weighted by Crippen LogP contribution is -2.48. The summed E-state index contributed by atoms with van der Waals surface area (Å²) in [5.74, 6) is -1.74. The maximum Gasteiger partial charge on any atom is 0.471 e. The summed E-state index contributed by atoms with van der Waals surface area (Å²) in [6.45, 7) is -0.133. The minimum atomic E-state index is -5.08. The van der Waals surface area contributed by atoms with Crippen molar-refractivity contribution in [2.75, 3.05) is 41.9 Å². The van der Waals surface area contributed by atoms with Crippen LogP contribution in [-0.2, 0) is 18.4 Å². The van der Waals surface area contributed by atoms with Gasteiger partial charge in [-0.05, 0) is 18.2 Å². The number of anilines is 5. The first-order valence-corrected chi connectivity index (χ1v) is 11.7. The Bertz CT molecular complexity index is 1620. The fourth-order valence-corrected chi connectivity index (χ4v) is 4.47. The molecule has 3 aromatic heterocycles. The molecule has 204 valence electrons. The van der Waals surface area contributed by atoms with Gasteiger partial charge in [-0.15, -0.1) is 0 Å². The van der Waals surface area contributed by atoms with Gasteiger partial charge in [-0.2, -0.15) is 23.3 Å². The second kappa shape index (κ2) is 9.90. The number of hydrogen-bond donors (Lipinski definition) is 2. The maximum absolute atomic E-state index is 13.5. The van der Waals surface area contributed by atoms with E-state index in [1.807, 2.05) is 0 Å². The number of hydrogen-bond acceptors (Lipinski definition) is 9. The highest BCUT2D eigenvalue weighted by molar-refractivity contribution is 6.03. The summed E-state index contributed by atoms with van der Waals surface area (Å²) in [5.41, 5.74) is 0.768. The minimum absolute atomic E-state index is 0.0637. The molecule has 0 spiro atoms. The standard InChI is InChI=1S/C24H23F3N8O4/c1-32-20-14(11-28-23(31-20)30-15-12-29-33(13-15)8-9-36)10-17(21(32)37)34-6-7-35(22(38)24(25,26)27)19-16(34)4-3-5-18(19)39-2/h3-5,10-13,36H,6-9H2,1-2H3,(H,28,30,31). The van der Waals surface area contributed by atoms with E-state index in [0.717, 1.165) is 0 Å². The summed E-state index contributed by atoms with van der Waals surface area (Å²) < 4.78 is 48.2. The van der Waals surface area contributed by atoms with E-state index in [4.69, 9.17) is 9.84 Å². The van der Waals surface area contributed by atoms with E-state index in [1.165, 1.54) is 37.1 Å². The number of methoxy groups -OCH3 is 1. The molecule has 0 radical (unpaired) electrons. The zero-order chi connectivity index (χ0) is 27.9. The molecule has 5 rings (SSSR count). The summed E-state index contributed by atoms with van der Waals surface area (Å²) in [4.78, 5) is 36.6. The number of fused-ring (bicyclic) bond motifs is 2. The van der Waals surface area contributed by atoms with Gasteiger partial charge in [0.05, 0.1) is 37.8 Å². The number of amides is 1. The Morgan fingerprint density at radius 1 is 1.21 bits per heavy atom. The van der Waals surface area contributed by atoms with Crippen molar-refractivity contribution in [3.8, 4) is 5.75 Å². The molecule has 1 aliphatic rings. The predicted molar refractivity (Wildman–Crippen MR) is 136 cm³/mol. The number of aliphatic hydroxyl groups excluding tert-OH is 1. The number of aliphatic hydroxyl groups is 1. The molecule has 4 aromatic rings. The topological polar surface area (TPSA) is 131 Å². The number of carbonyl (C=O) groups is 1. The quantitative estimate of drug-likeness (QED) is 0.376. The van der Waals surface area contributed by atoms with Crippen molar-refractivity contribution in [2.24, 2.45) is 7.05 Å². The maximum atomic E-state index is 13.5. The number of nitrogens with one attached hydrogen (secondary N) is 1. The fourth-order valence-electron chi connectivity index (χ4n) is 4.47. The fraction of sp³-hybridized carbons (Fsp3) is 0.292. The minimum Gasteiger partial charge on any atom is -0.494 e. The van der Waals surface area contributed by atoms with Crippen molar-refractivity contribution in [1.29, 1.82) is 0 Å². The zero-order valence-corrected chi connectivity index (χ0v) is 20.8. The van der Waals surface area contributed by atoms with Gasteiger partial charge < -0.3 is 20.1 Å². The van der Waals surface area contributed by atoms with Crippen LogP contribution in [0.3, 0.4) is 0 Å². The van der Waals surface area contributed by atoms with Crippen LogP contribution in [0.1, 0.15) is 0 Å². The molecular formula is C24H23F3N8O4. The molecule has 12 nitrogen and oxygen atoms in total. The first-order chi connectivity index (χ1) is 18.6. The average molecular weight is 544 g/mol. The Morgan fingerprint density at radius 2 is 2.00 bits per heavy atom. The molecule has 0 aliphatic carbocycles. The summed E-state index contributed by atoms with van der Waals surface area (Å²) in [5, 5.41) is 16.7. The molecule has 0 unspecified atom stereocenters. The third kappa shape index (κ3) is 4.71. The predicted octanol–water partition coefficient (Wildman–Crippen LogP) is 2.32. The normalized spacial score (nSPS) is 13.5. The van der Waals surface area contributed by atoms with E-state index in [2.05, 4.69) is 20.4 Å². The summed E-state index contributed by atoms with van der Waals surface area (Å²) >= 11 is 0. The summed E-state index contributed by atoms with van der Waals surface area (Å²) in [7, 11) is 2.82. The van der Waals surface area contributed by atoms with Gasteiger partial charge in [0.25, 0.3) is 5.56 Å². The molecule has 1 amide bonds. The SMILES string of the molecule is COc1cccc2c1N(C(=O)C(F)(F)F)CCN2c1cc2cnc(Nc3cnn(CCO)c3)nc2n(C)c1=O. The second-order valence-electron chi connectivity index (χ2n) is 8.64. The number of para-hydroxylation sites is 1. The number of aryl methyl sites for hydroxylation is 1. The number of alkyl halides is 3. The van der Waals surface area contributed by atoms with Gasteiger partial charge in [0, 0.05) is 37.9 Å². The molecule has 0 saturated heterocycles. The number of ether oxygens (including phenoxy) is 1. The van der Waals surface area contributed by atoms with E-state index in [0.29, 0.717) is 28.2 Å². The number of halogens is 3. The number of pyridine rings is 1. The molecular weight excluding hydrogens is 521 g/mol. The molecule has 0 fully saturated rings. The number of rotatable bonds is 6. The second-order valence-corrected chi connectivity index (χ2v) is 8.64. The van der Waals surface area contributed by atoms with E-state index in [9.17, 15) is 22.8 Å². The van der Waals surface area contributed by atoms with E-state index >= 15 is 0 Å². The first-order valence-electron chi connectivity index (χ1n) is 11.7. The zero-order valence-electron chi connectivity index (χ0n) is 20.8. The highest BCUT2D eigenvalue weighted by Crippen LogP contribution is 2.44. The third-order valence-electron chi connectivity index (χ3n) is 6.23. The summed E-state index contributed by atoms with van der Waals surface area (Å²) in [6.07, 6.45) is -0.358. The van der Waals surface area contributed by atoms with E-state index < -0.39 is 17.6 Å². The molecule has 1 aliphatic heterocycles. The molecule has 2 N–H and O–H groups in total. The van der Waals surface area contributed by atoms with E-state index in [-0.39, 0.29) is 48.5 Å². The van der Waals surface area contributed by atoms with Crippen LogP contribution < -0.4 is 25.4 Å². The van der Waals surface area contributed by atoms with Crippen LogP contribution in [0.25, 0.3) is 11.0 Å². The van der Waals surface area contributed by atoms with Crippen molar-refractivity contribution in [3.05, 3.63) is 53.2 Å². The van der Waals surface area contributed by atoms with Crippen LogP contribution >= 0.6 is 0 Å². The molecule has 0 bridgehead atoms. The van der Waals surface area contributed by atoms with Crippen LogP contribution in [0.4, 0.5) is 41.9 Å². The van der Waals surface area contributed by atoms with Gasteiger partial charge >= 0.3 is 12.1 Å². The Labute approximate surface area is 218 Å². The third-order valence-corrected chi connectivity index (χ3v) is 6.23. The molecule has 4 heterocycles. The number of aromatic nitrogens is 5. The lowest BCUT2D eigenvalue weighted by molar-refractivity contribution is -0.170. The highest BCUT2D eigenvalue weighted by Gasteiger charge is 2.46. The van der Waals surface area contributed by atoms with Crippen molar-refractivity contribution >= 4 is 45.6 Å². The summed E-state index contributed by atoms with van der Waals surface area (Å²) in [6, 6.07) is 6.11. The first kappa shape index (κ1) is 26.0. The monoisotopic (exact) mass is 544 g/mol. The van der Waals surface area contributed by atoms with Gasteiger partial charge in [0.2, 0.25) is 5.95 Å². The molecule has 0 atom stereocenters. The number of carbonyl (C=O) groups excluding carboxylic acids is 1. The van der Waals surface area contributed by atoms with Gasteiger partial charge in [0.15, 0.2) is 0 Å². The molecule has 0 saturated carbocycles. The molecule has 15 heteroatoms. The molecule has 1 aromatic carbocycles. The van der Waals surface area contributed by atoms with E-state index in [1.54, 1.807) is 34.1 Å². The Kier molecular flexibility index (Phi) is 6.59. The lowest BCUT2D eigenvalue weighted by Gasteiger charge is -2.38. The van der Waals surface area contributed by atoms with Gasteiger partial charge in [-0.3, -0.25) is 23.7 Å². The number of nitrogens with zero attached hydrogens (tertiary/aromatic N) is 7. The van der Waals surface area contributed by atoms with Gasteiger partial charge in [0.1, 0.15) is 22.8 Å². The highest BCUT2D eigenvalue weighted by atomic mass is 19.4. The Balaban J connectivity index is 1.55. The average Bonchev–Trinajstić information content (AvgIpc) is 3.36. The Morgan fingerprint density at radius 3 is 2.72 bits per heavy atom. The van der Waals surface area contributed by atoms with Crippen molar-refractivity contribution in [2.45, 2.75) is 12.7 Å². The smallest absolute Gasteiger partial charge is 0.471 e. The van der Waals surface area contributed by atoms with Crippen molar-refractivity contribution < 1.29 is 27.8 Å². The van der Waals surface area contributed by atoms with Gasteiger partial charge in [-0.25, -0.2) is 4.98 Å². The van der Waals surface area contributed by atoms with Crippen LogP contribution in [0.5, 0.6) is 5.75 Å². The van der Waals surface area contributed by atoms with Crippen LogP contribution in [0.15, 0.2) is 47.7 Å². The van der Waals surface area contributed by atoms with Crippen molar-refractivity contribution in [1.82, 2.24) is 24.3 Å². The van der Waals surface area contributed by atoms with Crippen LogP contribution in [0, 0.1) is 0 Å². The van der Waals surface area contributed by atoms with Crippen molar-refractivity contribution in [3.63, 3.8) is 0 Å². The Hall–Kier alpha value is -4.66. The largest absolute Gasteiger partial charge is 0.494 e. The van der Waals surface area contributed by atoms with Crippen LogP contribution in [0.2, 0.25) is 0 Å². The molecule has 39 heavy (non-hydrogen) atoms. The van der Waals surface area contributed by atoms with Gasteiger partial charge in [-0.1, -0.05) is 6.07 Å². The van der Waals surface area contributed by atoms with Crippen LogP contribution in [-0.4, -0.2) is 68.3 Å². The number of benzene rings is 1. The lowest BCUT2D eigenvalue weighted by atomic mass is 10.1.